The number of hydrogen-bond donors (Lipinski definition) is 2. The van der Waals surface area contributed by atoms with Crippen molar-refractivity contribution in [2.24, 2.45) is 16.1 Å². The van der Waals surface area contributed by atoms with Crippen LogP contribution in [0.5, 0.6) is 0 Å². The molecule has 80 valence electrons. The molecule has 2 unspecified atom stereocenters. The first-order valence-corrected chi connectivity index (χ1v) is 5.27. The van der Waals surface area contributed by atoms with E-state index in [0.717, 1.165) is 22.7 Å². The van der Waals surface area contributed by atoms with Crippen LogP contribution in [-0.4, -0.2) is 6.17 Å². The van der Waals surface area contributed by atoms with E-state index in [-0.39, 0.29) is 11.6 Å². The smallest absolute Gasteiger partial charge is 0.107 e. The molecule has 4 N–H and O–H groups in total. The summed E-state index contributed by atoms with van der Waals surface area (Å²) in [7, 11) is 0. The molecule has 1 aromatic rings. The number of nitrogen functional groups attached to an aromatic ring is 1. The van der Waals surface area contributed by atoms with Crippen LogP contribution in [0.3, 0.4) is 0 Å². The fourth-order valence-corrected chi connectivity index (χ4v) is 1.86. The Morgan fingerprint density at radius 1 is 1.47 bits per heavy atom. The molecule has 15 heavy (non-hydrogen) atoms. The summed E-state index contributed by atoms with van der Waals surface area (Å²) in [4.78, 5) is 4.50. The lowest BCUT2D eigenvalue weighted by atomic mass is 9.82. The van der Waals surface area contributed by atoms with Crippen LogP contribution in [0.1, 0.15) is 20.3 Å². The molecule has 0 spiro atoms. The Kier molecular flexibility index (Phi) is 2.27. The summed E-state index contributed by atoms with van der Waals surface area (Å²) in [5.74, 6) is 0. The van der Waals surface area contributed by atoms with Crippen LogP contribution in [-0.2, 0) is 0 Å². The van der Waals surface area contributed by atoms with Crippen LogP contribution < -0.4 is 22.0 Å². The first-order valence-electron chi connectivity index (χ1n) is 5.27. The molecule has 0 bridgehead atoms. The monoisotopic (exact) mass is 203 g/mol. The van der Waals surface area contributed by atoms with E-state index in [9.17, 15) is 0 Å². The van der Waals surface area contributed by atoms with E-state index in [0.29, 0.717) is 0 Å². The second kappa shape index (κ2) is 3.35. The second-order valence-electron chi connectivity index (χ2n) is 4.40. The molecular formula is C12H17N3. The number of benzene rings is 1. The minimum Gasteiger partial charge on any atom is -0.399 e. The summed E-state index contributed by atoms with van der Waals surface area (Å²) in [6.45, 7) is 4.26. The Labute approximate surface area is 89.5 Å². The molecule has 0 saturated heterocycles. The summed E-state index contributed by atoms with van der Waals surface area (Å²) < 4.78 is 0. The van der Waals surface area contributed by atoms with Crippen molar-refractivity contribution >= 4 is 11.8 Å². The molecule has 0 amide bonds. The fourth-order valence-electron chi connectivity index (χ4n) is 1.86. The van der Waals surface area contributed by atoms with E-state index < -0.39 is 0 Å². The molecule has 0 radical (unpaired) electrons. The van der Waals surface area contributed by atoms with Gasteiger partial charge in [-0.05, 0) is 29.8 Å². The van der Waals surface area contributed by atoms with Gasteiger partial charge in [-0.3, -0.25) is 4.99 Å². The number of nitrogens with zero attached hydrogens (tertiary/aromatic N) is 1. The van der Waals surface area contributed by atoms with Crippen LogP contribution in [0.4, 0.5) is 5.69 Å². The zero-order chi connectivity index (χ0) is 11.1. The summed E-state index contributed by atoms with van der Waals surface area (Å²) in [5.41, 5.74) is 12.5. The predicted molar refractivity (Wildman–Crippen MR) is 62.5 cm³/mol. The molecule has 0 aliphatic carbocycles. The van der Waals surface area contributed by atoms with Gasteiger partial charge in [0.15, 0.2) is 0 Å². The Morgan fingerprint density at radius 2 is 2.20 bits per heavy atom. The Balaban J connectivity index is 2.69. The van der Waals surface area contributed by atoms with Gasteiger partial charge < -0.3 is 11.5 Å². The highest BCUT2D eigenvalue weighted by Crippen LogP contribution is 2.27. The van der Waals surface area contributed by atoms with Crippen molar-refractivity contribution in [1.29, 1.82) is 0 Å². The van der Waals surface area contributed by atoms with Gasteiger partial charge in [0.25, 0.3) is 0 Å². The van der Waals surface area contributed by atoms with Gasteiger partial charge in [-0.1, -0.05) is 19.9 Å². The minimum absolute atomic E-state index is 0.0548. The molecular weight excluding hydrogens is 186 g/mol. The largest absolute Gasteiger partial charge is 0.399 e. The first-order chi connectivity index (χ1) is 7.05. The van der Waals surface area contributed by atoms with Crippen LogP contribution in [0.15, 0.2) is 23.2 Å². The molecule has 3 heteroatoms. The molecule has 0 saturated carbocycles. The maximum absolute atomic E-state index is 6.05. The standard InChI is InChI=1S/C12H17N3/c1-3-12(2)7-8-6-9(13)4-5-10(8)15-11(12)14/h4-7,11H,3,13-14H2,1-2H3. The van der Waals surface area contributed by atoms with E-state index in [2.05, 4.69) is 24.9 Å². The zero-order valence-electron chi connectivity index (χ0n) is 9.20. The van der Waals surface area contributed by atoms with Gasteiger partial charge in [-0.15, -0.1) is 0 Å². The lowest BCUT2D eigenvalue weighted by Gasteiger charge is -2.30. The third-order valence-corrected chi connectivity index (χ3v) is 3.25. The molecule has 2 atom stereocenters. The lowest BCUT2D eigenvalue weighted by molar-refractivity contribution is 0.346. The van der Waals surface area contributed by atoms with Crippen LogP contribution >= 0.6 is 0 Å². The normalized spacial score (nSPS) is 28.9. The number of fused-ring (bicyclic) bond motifs is 1. The van der Waals surface area contributed by atoms with Gasteiger partial charge in [0.1, 0.15) is 6.17 Å². The van der Waals surface area contributed by atoms with Gasteiger partial charge in [0.2, 0.25) is 0 Å². The van der Waals surface area contributed by atoms with E-state index >= 15 is 0 Å². The molecule has 2 rings (SSSR count). The summed E-state index contributed by atoms with van der Waals surface area (Å²) >= 11 is 0. The van der Waals surface area contributed by atoms with E-state index in [1.807, 2.05) is 18.2 Å². The molecule has 0 aromatic heterocycles. The SMILES string of the molecule is CCC1(C)C=c2cc(N)ccc2=NC1N. The summed E-state index contributed by atoms with van der Waals surface area (Å²) in [6.07, 6.45) is 3.01. The Hall–Kier alpha value is -1.35. The molecule has 1 heterocycles. The molecule has 1 aliphatic rings. The van der Waals surface area contributed by atoms with Crippen molar-refractivity contribution in [1.82, 2.24) is 0 Å². The van der Waals surface area contributed by atoms with E-state index in [1.54, 1.807) is 0 Å². The Morgan fingerprint density at radius 3 is 2.87 bits per heavy atom. The van der Waals surface area contributed by atoms with Crippen molar-refractivity contribution in [2.45, 2.75) is 26.4 Å². The van der Waals surface area contributed by atoms with Crippen molar-refractivity contribution in [3.63, 3.8) is 0 Å². The number of rotatable bonds is 1. The van der Waals surface area contributed by atoms with Crippen molar-refractivity contribution in [3.8, 4) is 0 Å². The van der Waals surface area contributed by atoms with Gasteiger partial charge in [0, 0.05) is 11.1 Å². The lowest BCUT2D eigenvalue weighted by Crippen LogP contribution is -2.45. The highest BCUT2D eigenvalue weighted by molar-refractivity contribution is 5.44. The fraction of sp³-hybridized carbons (Fsp3) is 0.417. The van der Waals surface area contributed by atoms with Crippen LogP contribution in [0.25, 0.3) is 6.08 Å². The predicted octanol–water partition coefficient (Wildman–Crippen LogP) is 0.384. The molecule has 1 aromatic carbocycles. The molecule has 0 fully saturated rings. The number of anilines is 1. The van der Waals surface area contributed by atoms with Crippen LogP contribution in [0, 0.1) is 5.41 Å². The van der Waals surface area contributed by atoms with E-state index in [1.165, 1.54) is 0 Å². The summed E-state index contributed by atoms with van der Waals surface area (Å²) in [6, 6.07) is 5.74. The molecule has 1 aliphatic heterocycles. The molecule has 3 nitrogen and oxygen atoms in total. The average molecular weight is 203 g/mol. The van der Waals surface area contributed by atoms with Crippen molar-refractivity contribution in [3.05, 3.63) is 28.8 Å². The van der Waals surface area contributed by atoms with Crippen LogP contribution in [0.2, 0.25) is 0 Å². The first kappa shape index (κ1) is 10.2. The second-order valence-corrected chi connectivity index (χ2v) is 4.40. The maximum Gasteiger partial charge on any atom is 0.107 e. The van der Waals surface area contributed by atoms with E-state index in [4.69, 9.17) is 11.5 Å². The number of hydrogen-bond acceptors (Lipinski definition) is 3. The quantitative estimate of drug-likeness (QED) is 0.648. The zero-order valence-corrected chi connectivity index (χ0v) is 9.20. The highest BCUT2D eigenvalue weighted by atomic mass is 15.0. The third kappa shape index (κ3) is 1.63. The minimum atomic E-state index is -0.154. The number of nitrogens with two attached hydrogens (primary N) is 2. The van der Waals surface area contributed by atoms with Crippen molar-refractivity contribution in [2.75, 3.05) is 5.73 Å². The van der Waals surface area contributed by atoms with Gasteiger partial charge in [-0.25, -0.2) is 0 Å². The van der Waals surface area contributed by atoms with Gasteiger partial charge in [-0.2, -0.15) is 0 Å². The highest BCUT2D eigenvalue weighted by Gasteiger charge is 2.28. The van der Waals surface area contributed by atoms with Crippen molar-refractivity contribution < 1.29 is 0 Å². The van der Waals surface area contributed by atoms with Gasteiger partial charge >= 0.3 is 0 Å². The topological polar surface area (TPSA) is 64.4 Å². The third-order valence-electron chi connectivity index (χ3n) is 3.25. The maximum atomic E-state index is 6.05. The average Bonchev–Trinajstić information content (AvgIpc) is 2.20. The summed E-state index contributed by atoms with van der Waals surface area (Å²) in [5, 5.41) is 2.05. The van der Waals surface area contributed by atoms with Gasteiger partial charge in [0.05, 0.1) is 5.36 Å². The Bertz CT molecular complexity index is 492.